The first-order valence-corrected chi connectivity index (χ1v) is 6.93. The predicted octanol–water partition coefficient (Wildman–Crippen LogP) is 1.33. The lowest BCUT2D eigenvalue weighted by Crippen LogP contribution is -2.37. The summed E-state index contributed by atoms with van der Waals surface area (Å²) in [7, 11) is 1.96. The maximum Gasteiger partial charge on any atom is 0.168 e. The molecule has 6 nitrogen and oxygen atoms in total. The van der Waals surface area contributed by atoms with Gasteiger partial charge < -0.3 is 18.8 Å². The van der Waals surface area contributed by atoms with Crippen molar-refractivity contribution in [2.24, 2.45) is 7.05 Å². The summed E-state index contributed by atoms with van der Waals surface area (Å²) in [6.07, 6.45) is 4.09. The summed E-state index contributed by atoms with van der Waals surface area (Å²) in [6.45, 7) is 3.92. The van der Waals surface area contributed by atoms with Gasteiger partial charge in [0.2, 0.25) is 0 Å². The van der Waals surface area contributed by atoms with Crippen molar-refractivity contribution in [1.82, 2.24) is 14.8 Å². The van der Waals surface area contributed by atoms with Gasteiger partial charge in [0.05, 0.1) is 19.3 Å². The van der Waals surface area contributed by atoms with Crippen LogP contribution in [0.25, 0.3) is 0 Å². The fourth-order valence-corrected chi connectivity index (χ4v) is 2.75. The third-order valence-electron chi connectivity index (χ3n) is 4.14. The van der Waals surface area contributed by atoms with E-state index in [9.17, 15) is 0 Å². The van der Waals surface area contributed by atoms with Gasteiger partial charge in [0.25, 0.3) is 0 Å². The van der Waals surface area contributed by atoms with E-state index in [1.165, 1.54) is 0 Å². The average Bonchev–Trinajstić information content (AvgIpc) is 3.00. The molecule has 1 aromatic heterocycles. The van der Waals surface area contributed by atoms with Crippen molar-refractivity contribution in [3.05, 3.63) is 11.6 Å². The van der Waals surface area contributed by atoms with Crippen LogP contribution in [0.15, 0.2) is 0 Å². The molecule has 6 heteroatoms. The van der Waals surface area contributed by atoms with E-state index in [1.54, 1.807) is 0 Å². The van der Waals surface area contributed by atoms with Gasteiger partial charge in [-0.25, -0.2) is 0 Å². The van der Waals surface area contributed by atoms with Crippen LogP contribution in [0.4, 0.5) is 0 Å². The van der Waals surface area contributed by atoms with E-state index in [4.69, 9.17) is 14.2 Å². The fourth-order valence-electron chi connectivity index (χ4n) is 2.75. The second kappa shape index (κ2) is 5.19. The van der Waals surface area contributed by atoms with Gasteiger partial charge in [-0.3, -0.25) is 0 Å². The molecule has 1 aromatic rings. The van der Waals surface area contributed by atoms with E-state index >= 15 is 0 Å². The first kappa shape index (κ1) is 13.0. The Morgan fingerprint density at radius 1 is 1.26 bits per heavy atom. The van der Waals surface area contributed by atoms with Gasteiger partial charge in [0, 0.05) is 19.9 Å². The Labute approximate surface area is 113 Å². The molecule has 0 aromatic carbocycles. The molecule has 1 saturated carbocycles. The summed E-state index contributed by atoms with van der Waals surface area (Å²) in [5.41, 5.74) is 0. The van der Waals surface area contributed by atoms with Crippen molar-refractivity contribution < 1.29 is 14.2 Å². The number of nitrogens with zero attached hydrogens (tertiary/aromatic N) is 3. The topological polar surface area (TPSA) is 58.4 Å². The number of hydrogen-bond donors (Lipinski definition) is 0. The smallest absolute Gasteiger partial charge is 0.168 e. The number of aromatic nitrogens is 3. The summed E-state index contributed by atoms with van der Waals surface area (Å²) >= 11 is 0. The Hall–Kier alpha value is -0.980. The Morgan fingerprint density at radius 2 is 1.95 bits per heavy atom. The number of rotatable bonds is 3. The highest BCUT2D eigenvalue weighted by molar-refractivity contribution is 4.91. The zero-order chi connectivity index (χ0) is 13.3. The average molecular weight is 267 g/mol. The van der Waals surface area contributed by atoms with Gasteiger partial charge >= 0.3 is 0 Å². The zero-order valence-electron chi connectivity index (χ0n) is 11.6. The van der Waals surface area contributed by atoms with Crippen LogP contribution in [0, 0.1) is 6.92 Å². The van der Waals surface area contributed by atoms with E-state index in [0.717, 1.165) is 50.5 Å². The molecule has 1 aliphatic heterocycles. The van der Waals surface area contributed by atoms with Gasteiger partial charge in [-0.1, -0.05) is 0 Å². The Bertz CT molecular complexity index is 430. The van der Waals surface area contributed by atoms with E-state index < -0.39 is 0 Å². The monoisotopic (exact) mass is 267 g/mol. The van der Waals surface area contributed by atoms with Gasteiger partial charge in [-0.15, -0.1) is 10.2 Å². The van der Waals surface area contributed by atoms with Gasteiger partial charge in [-0.05, 0) is 19.8 Å². The highest BCUT2D eigenvalue weighted by Gasteiger charge is 2.40. The largest absolute Gasteiger partial charge is 0.370 e. The van der Waals surface area contributed by atoms with Crippen LogP contribution in [0.2, 0.25) is 0 Å². The number of aryl methyl sites for hydroxylation is 1. The molecule has 106 valence electrons. The first-order valence-electron chi connectivity index (χ1n) is 6.93. The normalized spacial score (nSPS) is 23.3. The van der Waals surface area contributed by atoms with Crippen molar-refractivity contribution in [1.29, 1.82) is 0 Å². The minimum Gasteiger partial charge on any atom is -0.370 e. The molecular weight excluding hydrogens is 246 g/mol. The molecule has 1 aliphatic carbocycles. The molecule has 0 radical (unpaired) electrons. The molecule has 0 atom stereocenters. The fraction of sp³-hybridized carbons (Fsp3) is 0.846. The SMILES string of the molecule is Cc1nnc(COC2CCC3(CC2)OCCO3)n1C. The molecule has 0 N–H and O–H groups in total. The van der Waals surface area contributed by atoms with Crippen molar-refractivity contribution in [3.63, 3.8) is 0 Å². The maximum absolute atomic E-state index is 5.93. The highest BCUT2D eigenvalue weighted by atomic mass is 16.7. The summed E-state index contributed by atoms with van der Waals surface area (Å²) in [5.74, 6) is 1.49. The molecule has 1 saturated heterocycles. The summed E-state index contributed by atoms with van der Waals surface area (Å²) < 4.78 is 19.3. The van der Waals surface area contributed by atoms with Crippen molar-refractivity contribution >= 4 is 0 Å². The van der Waals surface area contributed by atoms with Crippen LogP contribution in [-0.4, -0.2) is 39.9 Å². The van der Waals surface area contributed by atoms with Crippen LogP contribution in [0.5, 0.6) is 0 Å². The second-order valence-corrected chi connectivity index (χ2v) is 5.34. The number of ether oxygens (including phenoxy) is 3. The summed E-state index contributed by atoms with van der Waals surface area (Å²) in [6, 6.07) is 0. The van der Waals surface area contributed by atoms with Crippen LogP contribution >= 0.6 is 0 Å². The summed E-state index contributed by atoms with van der Waals surface area (Å²) in [5, 5.41) is 8.14. The lowest BCUT2D eigenvalue weighted by molar-refractivity contribution is -0.192. The van der Waals surface area contributed by atoms with E-state index in [-0.39, 0.29) is 11.9 Å². The number of hydrogen-bond acceptors (Lipinski definition) is 5. The predicted molar refractivity (Wildman–Crippen MR) is 67.4 cm³/mol. The lowest BCUT2D eigenvalue weighted by Gasteiger charge is -2.35. The minimum atomic E-state index is -0.304. The zero-order valence-corrected chi connectivity index (χ0v) is 11.6. The van der Waals surface area contributed by atoms with Crippen LogP contribution < -0.4 is 0 Å². The van der Waals surface area contributed by atoms with E-state index in [0.29, 0.717) is 6.61 Å². The quantitative estimate of drug-likeness (QED) is 0.827. The third kappa shape index (κ3) is 2.66. The third-order valence-corrected chi connectivity index (χ3v) is 4.14. The molecule has 2 heterocycles. The van der Waals surface area contributed by atoms with Gasteiger partial charge in [-0.2, -0.15) is 0 Å². The highest BCUT2D eigenvalue weighted by Crippen LogP contribution is 2.36. The minimum absolute atomic E-state index is 0.274. The van der Waals surface area contributed by atoms with Crippen LogP contribution in [0.3, 0.4) is 0 Å². The lowest BCUT2D eigenvalue weighted by atomic mass is 9.92. The molecule has 1 spiro atoms. The first-order chi connectivity index (χ1) is 9.19. The molecule has 2 fully saturated rings. The molecule has 0 unspecified atom stereocenters. The standard InChI is InChI=1S/C13H21N3O3/c1-10-14-15-12(16(10)2)9-17-11-3-5-13(6-4-11)18-7-8-19-13/h11H,3-9H2,1-2H3. The van der Waals surface area contributed by atoms with Crippen LogP contribution in [0.1, 0.15) is 37.3 Å². The molecule has 0 bridgehead atoms. The summed E-state index contributed by atoms with van der Waals surface area (Å²) in [4.78, 5) is 0. The van der Waals surface area contributed by atoms with E-state index in [1.807, 2.05) is 18.5 Å². The molecule has 3 rings (SSSR count). The molecule has 19 heavy (non-hydrogen) atoms. The molecular formula is C13H21N3O3. The molecule has 0 amide bonds. The maximum atomic E-state index is 5.93. The molecule has 2 aliphatic rings. The van der Waals surface area contributed by atoms with Gasteiger partial charge in [0.15, 0.2) is 11.6 Å². The van der Waals surface area contributed by atoms with E-state index in [2.05, 4.69) is 10.2 Å². The van der Waals surface area contributed by atoms with Crippen LogP contribution in [-0.2, 0) is 27.9 Å². The second-order valence-electron chi connectivity index (χ2n) is 5.34. The van der Waals surface area contributed by atoms with Crippen molar-refractivity contribution in [3.8, 4) is 0 Å². The Kier molecular flexibility index (Phi) is 3.56. The van der Waals surface area contributed by atoms with Crippen molar-refractivity contribution in [2.75, 3.05) is 13.2 Å². The van der Waals surface area contributed by atoms with Crippen molar-refractivity contribution in [2.45, 2.75) is 51.1 Å². The Balaban J connectivity index is 1.49. The van der Waals surface area contributed by atoms with Gasteiger partial charge in [0.1, 0.15) is 12.4 Å². The Morgan fingerprint density at radius 3 is 2.53 bits per heavy atom.